The van der Waals surface area contributed by atoms with E-state index in [4.69, 9.17) is 5.73 Å². The second-order valence-electron chi connectivity index (χ2n) is 8.16. The third-order valence-electron chi connectivity index (χ3n) is 5.78. The maximum Gasteiger partial charge on any atom is 0.253 e. The van der Waals surface area contributed by atoms with Gasteiger partial charge >= 0.3 is 0 Å². The number of rotatable bonds is 8. The van der Waals surface area contributed by atoms with Crippen LogP contribution in [0.1, 0.15) is 28.8 Å². The number of phenols is 1. The summed E-state index contributed by atoms with van der Waals surface area (Å²) in [5.74, 6) is -2.88. The van der Waals surface area contributed by atoms with E-state index >= 15 is 0 Å². The van der Waals surface area contributed by atoms with Crippen molar-refractivity contribution < 1.29 is 23.5 Å². The van der Waals surface area contributed by atoms with E-state index in [9.17, 15) is 23.5 Å². The average molecular weight is 462 g/mol. The Bertz CT molecular complexity index is 1010. The third-order valence-corrected chi connectivity index (χ3v) is 5.78. The highest BCUT2D eigenvalue weighted by Gasteiger charge is 2.20. The zero-order chi connectivity index (χ0) is 24.0. The van der Waals surface area contributed by atoms with Gasteiger partial charge < -0.3 is 26.8 Å². The number of nitrogens with one attached hydrogen (secondary N) is 3. The predicted octanol–water partition coefficient (Wildman–Crippen LogP) is 2.05. The van der Waals surface area contributed by atoms with Crippen LogP contribution in [0.15, 0.2) is 30.3 Å². The molecule has 0 atom stereocenters. The van der Waals surface area contributed by atoms with Gasteiger partial charge in [0.05, 0.1) is 17.8 Å². The molecule has 2 aromatic rings. The van der Waals surface area contributed by atoms with Gasteiger partial charge in [-0.1, -0.05) is 6.07 Å². The Morgan fingerprint density at radius 3 is 2.52 bits per heavy atom. The normalized spacial score (nSPS) is 14.6. The molecule has 0 saturated carbocycles. The van der Waals surface area contributed by atoms with E-state index < -0.39 is 17.5 Å². The van der Waals surface area contributed by atoms with Gasteiger partial charge in [0.15, 0.2) is 11.6 Å². The first-order chi connectivity index (χ1) is 15.8. The number of carbonyl (C=O) groups is 2. The van der Waals surface area contributed by atoms with Crippen LogP contribution in [0, 0.1) is 17.6 Å². The Kier molecular flexibility index (Phi) is 8.05. The molecule has 0 bridgehead atoms. The lowest BCUT2D eigenvalue weighted by molar-refractivity contribution is -0.120. The van der Waals surface area contributed by atoms with Crippen molar-refractivity contribution in [1.29, 1.82) is 0 Å². The molecule has 2 aromatic carbocycles. The fourth-order valence-corrected chi connectivity index (χ4v) is 3.82. The van der Waals surface area contributed by atoms with Gasteiger partial charge in [-0.15, -0.1) is 0 Å². The summed E-state index contributed by atoms with van der Waals surface area (Å²) in [5, 5.41) is 17.9. The molecule has 2 amide bonds. The first kappa shape index (κ1) is 24.2. The van der Waals surface area contributed by atoms with Gasteiger partial charge in [0.2, 0.25) is 5.91 Å². The summed E-state index contributed by atoms with van der Waals surface area (Å²) in [6.45, 7) is 2.78. The van der Waals surface area contributed by atoms with Crippen molar-refractivity contribution in [2.24, 2.45) is 5.92 Å². The molecule has 8 nitrogen and oxygen atoms in total. The van der Waals surface area contributed by atoms with E-state index in [1.165, 1.54) is 0 Å². The summed E-state index contributed by atoms with van der Waals surface area (Å²) in [7, 11) is 1.77. The fraction of sp³-hybridized carbons (Fsp3) is 0.391. The lowest BCUT2D eigenvalue weighted by Crippen LogP contribution is -2.41. The molecule has 10 heteroatoms. The average Bonchev–Trinajstić information content (AvgIpc) is 2.80. The van der Waals surface area contributed by atoms with Crippen molar-refractivity contribution >= 4 is 23.2 Å². The standard InChI is InChI=1S/C23H29F2N5O3/c1-27-20-8-15(2-3-21(20)31)13-30-6-4-14(5-7-30)11-28-22(32)12-29-23(33)16-9-17(24)18(25)10-19(16)26/h2-3,8-10,14,27,31H,4-7,11-13,26H2,1H3,(H,28,32)(H,29,33). The Balaban J connectivity index is 1.38. The molecular weight excluding hydrogens is 432 g/mol. The number of aromatic hydroxyl groups is 1. The Morgan fingerprint density at radius 2 is 1.82 bits per heavy atom. The molecule has 0 radical (unpaired) electrons. The number of halogens is 2. The van der Waals surface area contributed by atoms with E-state index in [0.29, 0.717) is 24.2 Å². The smallest absolute Gasteiger partial charge is 0.253 e. The minimum Gasteiger partial charge on any atom is -0.506 e. The molecule has 1 heterocycles. The molecule has 0 unspecified atom stereocenters. The Labute approximate surface area is 191 Å². The molecular formula is C23H29F2N5O3. The molecule has 1 aliphatic heterocycles. The minimum absolute atomic E-state index is 0.201. The van der Waals surface area contributed by atoms with Crippen LogP contribution in [0.3, 0.4) is 0 Å². The molecule has 0 aliphatic carbocycles. The molecule has 1 aliphatic rings. The third kappa shape index (κ3) is 6.55. The number of benzene rings is 2. The van der Waals surface area contributed by atoms with Crippen molar-refractivity contribution in [3.63, 3.8) is 0 Å². The first-order valence-electron chi connectivity index (χ1n) is 10.8. The van der Waals surface area contributed by atoms with Crippen LogP contribution in [-0.2, 0) is 11.3 Å². The number of piperidine rings is 1. The Morgan fingerprint density at radius 1 is 1.12 bits per heavy atom. The molecule has 1 fully saturated rings. The number of hydrogen-bond donors (Lipinski definition) is 5. The van der Waals surface area contributed by atoms with Crippen molar-refractivity contribution in [2.75, 3.05) is 44.3 Å². The quantitative estimate of drug-likeness (QED) is 0.303. The zero-order valence-electron chi connectivity index (χ0n) is 18.5. The summed E-state index contributed by atoms with van der Waals surface area (Å²) in [6, 6.07) is 6.97. The SMILES string of the molecule is CNc1cc(CN2CCC(CNC(=O)CNC(=O)c3cc(F)c(F)cc3N)CC2)ccc1O. The number of hydrogen-bond acceptors (Lipinski definition) is 6. The number of phenolic OH excluding ortho intramolecular Hbond substituents is 1. The predicted molar refractivity (Wildman–Crippen MR) is 122 cm³/mol. The monoisotopic (exact) mass is 461 g/mol. The van der Waals surface area contributed by atoms with Crippen molar-refractivity contribution in [3.05, 3.63) is 53.1 Å². The van der Waals surface area contributed by atoms with Crippen LogP contribution in [0.5, 0.6) is 5.75 Å². The van der Waals surface area contributed by atoms with Gasteiger partial charge in [0, 0.05) is 31.9 Å². The Hall–Kier alpha value is -3.40. The summed E-state index contributed by atoms with van der Waals surface area (Å²) in [5.41, 5.74) is 6.94. The summed E-state index contributed by atoms with van der Waals surface area (Å²) in [6.07, 6.45) is 1.85. The number of nitrogens with zero attached hydrogens (tertiary/aromatic N) is 1. The maximum absolute atomic E-state index is 13.3. The van der Waals surface area contributed by atoms with E-state index in [2.05, 4.69) is 20.9 Å². The fourth-order valence-electron chi connectivity index (χ4n) is 3.82. The second-order valence-corrected chi connectivity index (χ2v) is 8.16. The van der Waals surface area contributed by atoms with Gasteiger partial charge in [0.25, 0.3) is 5.91 Å². The number of carbonyl (C=O) groups excluding carboxylic acids is 2. The van der Waals surface area contributed by atoms with Crippen molar-refractivity contribution in [2.45, 2.75) is 19.4 Å². The van der Waals surface area contributed by atoms with Crippen molar-refractivity contribution in [3.8, 4) is 5.75 Å². The number of nitrogen functional groups attached to an aromatic ring is 1. The van der Waals surface area contributed by atoms with Crippen molar-refractivity contribution in [1.82, 2.24) is 15.5 Å². The van der Waals surface area contributed by atoms with Crippen LogP contribution in [0.25, 0.3) is 0 Å². The lowest BCUT2D eigenvalue weighted by atomic mass is 9.96. The van der Waals surface area contributed by atoms with Gasteiger partial charge in [0.1, 0.15) is 5.75 Å². The van der Waals surface area contributed by atoms with Gasteiger partial charge in [-0.2, -0.15) is 0 Å². The summed E-state index contributed by atoms with van der Waals surface area (Å²) >= 11 is 0. The van der Waals surface area contributed by atoms with E-state index in [0.717, 1.165) is 44.1 Å². The number of nitrogens with two attached hydrogens (primary N) is 1. The van der Waals surface area contributed by atoms with E-state index in [-0.39, 0.29) is 29.5 Å². The minimum atomic E-state index is -1.18. The van der Waals surface area contributed by atoms with E-state index in [1.54, 1.807) is 13.1 Å². The zero-order valence-corrected chi connectivity index (χ0v) is 18.5. The van der Waals surface area contributed by atoms with Crippen LogP contribution >= 0.6 is 0 Å². The first-order valence-corrected chi connectivity index (χ1v) is 10.8. The number of likely N-dealkylation sites (tertiary alicyclic amines) is 1. The molecule has 178 valence electrons. The maximum atomic E-state index is 13.3. The van der Waals surface area contributed by atoms with E-state index in [1.807, 2.05) is 12.1 Å². The number of anilines is 2. The molecule has 0 spiro atoms. The molecule has 6 N–H and O–H groups in total. The molecule has 3 rings (SSSR count). The van der Waals surface area contributed by atoms with Gasteiger partial charge in [-0.3, -0.25) is 14.5 Å². The highest BCUT2D eigenvalue weighted by Crippen LogP contribution is 2.25. The highest BCUT2D eigenvalue weighted by atomic mass is 19.2. The second kappa shape index (κ2) is 11.0. The molecule has 33 heavy (non-hydrogen) atoms. The van der Waals surface area contributed by atoms with Crippen LogP contribution in [0.2, 0.25) is 0 Å². The molecule has 1 saturated heterocycles. The largest absolute Gasteiger partial charge is 0.506 e. The topological polar surface area (TPSA) is 120 Å². The van der Waals surface area contributed by atoms with Gasteiger partial charge in [-0.05, 0) is 55.6 Å². The number of amides is 2. The van der Waals surface area contributed by atoms with Crippen LogP contribution in [-0.4, -0.2) is 55.0 Å². The molecule has 0 aromatic heterocycles. The highest BCUT2D eigenvalue weighted by molar-refractivity contribution is 6.00. The van der Waals surface area contributed by atoms with Crippen LogP contribution < -0.4 is 21.7 Å². The van der Waals surface area contributed by atoms with Crippen LogP contribution in [0.4, 0.5) is 20.2 Å². The lowest BCUT2D eigenvalue weighted by Gasteiger charge is -2.32. The summed E-state index contributed by atoms with van der Waals surface area (Å²) < 4.78 is 26.5. The summed E-state index contributed by atoms with van der Waals surface area (Å²) in [4.78, 5) is 26.5. The van der Waals surface area contributed by atoms with Gasteiger partial charge in [-0.25, -0.2) is 8.78 Å².